The van der Waals surface area contributed by atoms with Crippen LogP contribution in [0.25, 0.3) is 28.4 Å². The first-order chi connectivity index (χ1) is 15.3. The molecule has 132 valence electrons. The molecule has 3 aromatic heterocycles. The lowest BCUT2D eigenvalue weighted by Gasteiger charge is -2.06. The van der Waals surface area contributed by atoms with E-state index in [1.807, 2.05) is 23.7 Å². The summed E-state index contributed by atoms with van der Waals surface area (Å²) in [5, 5.41) is 3.40. The smallest absolute Gasteiger partial charge is 0.249 e. The molecule has 0 aliphatic rings. The Bertz CT molecular complexity index is 1370. The number of hydrogen-bond acceptors (Lipinski definition) is 4. The van der Waals surface area contributed by atoms with Crippen molar-refractivity contribution in [1.82, 2.24) is 19.5 Å². The number of rotatable bonds is 4. The van der Waals surface area contributed by atoms with E-state index in [2.05, 4.69) is 20.3 Å². The molecule has 1 aromatic carbocycles. The number of aromatic nitrogens is 4. The summed E-state index contributed by atoms with van der Waals surface area (Å²) in [5.74, 6) is -0.297. The third-order valence-corrected chi connectivity index (χ3v) is 3.82. The zero-order valence-corrected chi connectivity index (χ0v) is 14.3. The summed E-state index contributed by atoms with van der Waals surface area (Å²) in [7, 11) is 1.87. The van der Waals surface area contributed by atoms with Gasteiger partial charge in [0.25, 0.3) is 0 Å². The zero-order chi connectivity index (χ0) is 23.0. The average molecular weight is 360 g/mol. The summed E-state index contributed by atoms with van der Waals surface area (Å²) in [5.41, 5.74) is 2.13. The number of pyridine rings is 2. The van der Waals surface area contributed by atoms with Crippen molar-refractivity contribution in [3.63, 3.8) is 0 Å². The van der Waals surface area contributed by atoms with Gasteiger partial charge in [0.1, 0.15) is 5.82 Å². The third-order valence-electron chi connectivity index (χ3n) is 3.82. The van der Waals surface area contributed by atoms with Crippen LogP contribution in [0.5, 0.6) is 0 Å². The molecule has 0 spiro atoms. The number of nitrogens with one attached hydrogen (secondary N) is 1. The minimum atomic E-state index is -0.563. The second kappa shape index (κ2) is 7.21. The Morgan fingerprint density at radius 3 is 2.85 bits per heavy atom. The van der Waals surface area contributed by atoms with E-state index in [1.54, 1.807) is 24.8 Å². The summed E-state index contributed by atoms with van der Waals surface area (Å²) in [6.45, 7) is 0. The van der Waals surface area contributed by atoms with Crippen molar-refractivity contribution in [1.29, 1.82) is 0 Å². The number of imidazole rings is 1. The molecule has 0 saturated heterocycles. The molecule has 4 rings (SSSR count). The Hall–Kier alpha value is -3.80. The fourth-order valence-corrected chi connectivity index (χ4v) is 2.50. The van der Waals surface area contributed by atoms with Gasteiger partial charge in [-0.15, -0.1) is 0 Å². The molecule has 6 heteroatoms. The van der Waals surface area contributed by atoms with Crippen LogP contribution in [-0.4, -0.2) is 25.4 Å². The standard InChI is InChI=1S/C21H17N5O/c1-26-14-22-13-19(26)17-9-8-16-12-23-20(11-18(16)24-17)25-21(27)10-7-15-5-3-2-4-6-15/h2-14H,1H3,(H,23,25,27)/b10-7+/i2D,3D,4D,5D,6D. The van der Waals surface area contributed by atoms with Crippen molar-refractivity contribution >= 4 is 28.7 Å². The van der Waals surface area contributed by atoms with Crippen LogP contribution in [0, 0.1) is 0 Å². The van der Waals surface area contributed by atoms with Gasteiger partial charge < -0.3 is 9.88 Å². The van der Waals surface area contributed by atoms with E-state index in [0.717, 1.165) is 22.9 Å². The first kappa shape index (κ1) is 11.7. The summed E-state index contributed by atoms with van der Waals surface area (Å²) >= 11 is 0. The van der Waals surface area contributed by atoms with Crippen molar-refractivity contribution in [3.8, 4) is 11.4 Å². The SMILES string of the molecule is [2H]c1c([2H])c([2H])c(/C=C/C(=O)Nc2cc3nc(-c4cncn4C)ccc3cn2)c([2H])c1[2H]. The van der Waals surface area contributed by atoms with Crippen LogP contribution in [0.3, 0.4) is 0 Å². The number of benzene rings is 1. The lowest BCUT2D eigenvalue weighted by Crippen LogP contribution is -2.09. The number of anilines is 1. The van der Waals surface area contributed by atoms with Crippen LogP contribution in [-0.2, 0) is 11.8 Å². The highest BCUT2D eigenvalue weighted by Crippen LogP contribution is 2.21. The van der Waals surface area contributed by atoms with Crippen molar-refractivity contribution in [2.45, 2.75) is 0 Å². The monoisotopic (exact) mass is 360 g/mol. The normalized spacial score (nSPS) is 13.7. The molecule has 0 bridgehead atoms. The number of fused-ring (bicyclic) bond motifs is 1. The predicted molar refractivity (Wildman–Crippen MR) is 106 cm³/mol. The van der Waals surface area contributed by atoms with Gasteiger partial charge in [-0.2, -0.15) is 0 Å². The van der Waals surface area contributed by atoms with Gasteiger partial charge >= 0.3 is 0 Å². The fourth-order valence-electron chi connectivity index (χ4n) is 2.50. The van der Waals surface area contributed by atoms with Crippen LogP contribution < -0.4 is 5.32 Å². The van der Waals surface area contributed by atoms with Gasteiger partial charge in [-0.1, -0.05) is 30.2 Å². The van der Waals surface area contributed by atoms with E-state index in [9.17, 15) is 4.79 Å². The van der Waals surface area contributed by atoms with E-state index in [-0.39, 0.29) is 23.5 Å². The predicted octanol–water partition coefficient (Wildman–Crippen LogP) is 3.68. The molecule has 0 aliphatic heterocycles. The van der Waals surface area contributed by atoms with Crippen molar-refractivity contribution in [2.24, 2.45) is 7.05 Å². The van der Waals surface area contributed by atoms with E-state index in [4.69, 9.17) is 6.85 Å². The number of carbonyl (C=O) groups excluding carboxylic acids is 1. The number of amides is 1. The van der Waals surface area contributed by atoms with E-state index in [1.165, 1.54) is 6.08 Å². The number of hydrogen-bond donors (Lipinski definition) is 1. The van der Waals surface area contributed by atoms with Crippen molar-refractivity contribution < 1.29 is 11.6 Å². The average Bonchev–Trinajstić information content (AvgIpc) is 3.21. The number of carbonyl (C=O) groups is 1. The van der Waals surface area contributed by atoms with Gasteiger partial charge in [0.05, 0.1) is 36.3 Å². The fraction of sp³-hybridized carbons (Fsp3) is 0.0476. The summed E-state index contributed by atoms with van der Waals surface area (Å²) in [4.78, 5) is 25.3. The van der Waals surface area contributed by atoms with Gasteiger partial charge in [0.2, 0.25) is 5.91 Å². The molecule has 0 unspecified atom stereocenters. The van der Waals surface area contributed by atoms with E-state index in [0.29, 0.717) is 5.52 Å². The minimum Gasteiger partial charge on any atom is -0.332 e. The summed E-state index contributed by atoms with van der Waals surface area (Å²) in [6.07, 6.45) is 7.27. The number of aryl methyl sites for hydroxylation is 1. The Balaban J connectivity index is 1.58. The Labute approximate surface area is 163 Å². The second-order valence-corrected chi connectivity index (χ2v) is 5.71. The largest absolute Gasteiger partial charge is 0.332 e. The molecule has 0 radical (unpaired) electrons. The quantitative estimate of drug-likeness (QED) is 0.564. The van der Waals surface area contributed by atoms with Gasteiger partial charge in [-0.25, -0.2) is 15.0 Å². The van der Waals surface area contributed by atoms with Gasteiger partial charge in [-0.05, 0) is 23.8 Å². The first-order valence-electron chi connectivity index (χ1n) is 10.6. The summed E-state index contributed by atoms with van der Waals surface area (Å²) in [6, 6.07) is 3.21. The second-order valence-electron chi connectivity index (χ2n) is 5.71. The van der Waals surface area contributed by atoms with Crippen LogP contribution in [0.15, 0.2) is 73.2 Å². The topological polar surface area (TPSA) is 72.7 Å². The minimum absolute atomic E-state index is 0.0693. The van der Waals surface area contributed by atoms with Gasteiger partial charge in [-0.3, -0.25) is 4.79 Å². The Kier molecular flexibility index (Phi) is 3.14. The maximum Gasteiger partial charge on any atom is 0.249 e. The highest BCUT2D eigenvalue weighted by Gasteiger charge is 2.07. The molecular weight excluding hydrogens is 338 g/mol. The Morgan fingerprint density at radius 2 is 2.07 bits per heavy atom. The first-order valence-corrected chi connectivity index (χ1v) is 8.05. The lowest BCUT2D eigenvalue weighted by atomic mass is 10.2. The third kappa shape index (κ3) is 3.74. The van der Waals surface area contributed by atoms with E-state index < -0.39 is 24.0 Å². The summed E-state index contributed by atoms with van der Waals surface area (Å²) < 4.78 is 40.7. The maximum absolute atomic E-state index is 12.4. The molecule has 3 heterocycles. The zero-order valence-electron chi connectivity index (χ0n) is 19.3. The molecule has 1 N–H and O–H groups in total. The Morgan fingerprint density at radius 1 is 1.22 bits per heavy atom. The molecule has 0 atom stereocenters. The molecule has 0 aliphatic carbocycles. The molecule has 0 fully saturated rings. The van der Waals surface area contributed by atoms with Crippen LogP contribution in [0.2, 0.25) is 0 Å². The molecule has 4 aromatic rings. The maximum atomic E-state index is 12.4. The van der Waals surface area contributed by atoms with Crippen LogP contribution in [0.1, 0.15) is 12.4 Å². The molecular formula is C21H17N5O. The highest BCUT2D eigenvalue weighted by molar-refractivity contribution is 6.02. The molecule has 0 saturated carbocycles. The van der Waals surface area contributed by atoms with Gasteiger partial charge in [0, 0.05) is 30.8 Å². The van der Waals surface area contributed by atoms with Crippen LogP contribution in [0.4, 0.5) is 5.82 Å². The molecule has 27 heavy (non-hydrogen) atoms. The van der Waals surface area contributed by atoms with Gasteiger partial charge in [0.15, 0.2) is 0 Å². The molecule has 6 nitrogen and oxygen atoms in total. The highest BCUT2D eigenvalue weighted by atomic mass is 16.1. The van der Waals surface area contributed by atoms with E-state index >= 15 is 0 Å². The lowest BCUT2D eigenvalue weighted by molar-refractivity contribution is -0.111. The molecule has 1 amide bonds. The van der Waals surface area contributed by atoms with Crippen molar-refractivity contribution in [3.05, 3.63) is 78.8 Å². The van der Waals surface area contributed by atoms with Crippen molar-refractivity contribution in [2.75, 3.05) is 5.32 Å². The van der Waals surface area contributed by atoms with Crippen LogP contribution >= 0.6 is 0 Å². The number of nitrogens with zero attached hydrogens (tertiary/aromatic N) is 4.